The zero-order valence-electron chi connectivity index (χ0n) is 13.4. The summed E-state index contributed by atoms with van der Waals surface area (Å²) < 4.78 is 0. The highest BCUT2D eigenvalue weighted by atomic mass is 16.3. The van der Waals surface area contributed by atoms with E-state index in [0.29, 0.717) is 5.82 Å². The van der Waals surface area contributed by atoms with E-state index in [-0.39, 0.29) is 22.8 Å². The zero-order valence-corrected chi connectivity index (χ0v) is 13.4. The number of hydrogen-bond donors (Lipinski definition) is 3. The molecule has 0 saturated carbocycles. The van der Waals surface area contributed by atoms with Crippen molar-refractivity contribution in [1.82, 2.24) is 4.98 Å². The maximum absolute atomic E-state index is 8.93. The van der Waals surface area contributed by atoms with Crippen molar-refractivity contribution in [3.05, 3.63) is 35.7 Å². The molecule has 0 aliphatic rings. The van der Waals surface area contributed by atoms with Gasteiger partial charge < -0.3 is 21.4 Å². The topological polar surface area (TPSA) is 138 Å². The van der Waals surface area contributed by atoms with Gasteiger partial charge in [-0.2, -0.15) is 5.26 Å². The Morgan fingerprint density at radius 3 is 2.36 bits per heavy atom. The number of aliphatic hydroxyl groups is 1. The van der Waals surface area contributed by atoms with E-state index in [0.717, 1.165) is 0 Å². The van der Waals surface area contributed by atoms with Gasteiger partial charge in [0.15, 0.2) is 5.82 Å². The Kier molecular flexibility index (Phi) is 10.8. The molecule has 0 aliphatic carbocycles. The smallest absolute Gasteiger partial charge is 0.155 e. The van der Waals surface area contributed by atoms with Crippen LogP contribution in [0.3, 0.4) is 0 Å². The molecule has 0 fully saturated rings. The Labute approximate surface area is 131 Å². The van der Waals surface area contributed by atoms with Gasteiger partial charge in [0.25, 0.3) is 0 Å². The molecule has 0 spiro atoms. The van der Waals surface area contributed by atoms with E-state index in [9.17, 15) is 0 Å². The Hall–Kier alpha value is -2.72. The second kappa shape index (κ2) is 11.0. The number of nitriles is 1. The highest BCUT2D eigenvalue weighted by Crippen LogP contribution is 2.08. The summed E-state index contributed by atoms with van der Waals surface area (Å²) in [5.74, 6) is 0.536. The first-order valence-electron chi connectivity index (χ1n) is 6.28. The van der Waals surface area contributed by atoms with Gasteiger partial charge in [0.05, 0.1) is 5.76 Å². The van der Waals surface area contributed by atoms with Gasteiger partial charge in [-0.15, -0.1) is 0 Å². The predicted octanol–water partition coefficient (Wildman–Crippen LogP) is 1.96. The number of amidine groups is 1. The summed E-state index contributed by atoms with van der Waals surface area (Å²) >= 11 is 0. The van der Waals surface area contributed by atoms with E-state index in [2.05, 4.69) is 9.98 Å². The van der Waals surface area contributed by atoms with Crippen LogP contribution in [-0.4, -0.2) is 28.3 Å². The fourth-order valence-electron chi connectivity index (χ4n) is 0.926. The monoisotopic (exact) mass is 305 g/mol. The van der Waals surface area contributed by atoms with Crippen molar-refractivity contribution >= 4 is 18.4 Å². The molecule has 22 heavy (non-hydrogen) atoms. The first kappa shape index (κ1) is 21.6. The summed E-state index contributed by atoms with van der Waals surface area (Å²) in [5, 5.41) is 17.5. The lowest BCUT2D eigenvalue weighted by Crippen LogP contribution is -2.26. The van der Waals surface area contributed by atoms with Crippen LogP contribution in [0, 0.1) is 11.3 Å². The maximum atomic E-state index is 8.93. The number of carbonyl (C=O) groups excluding carboxylic acids is 1. The van der Waals surface area contributed by atoms with Crippen LogP contribution in [0.25, 0.3) is 0 Å². The molecule has 0 atom stereocenters. The van der Waals surface area contributed by atoms with Gasteiger partial charge in [0.2, 0.25) is 0 Å². The van der Waals surface area contributed by atoms with Crippen molar-refractivity contribution in [3.63, 3.8) is 0 Å². The Morgan fingerprint density at radius 2 is 1.95 bits per heavy atom. The summed E-state index contributed by atoms with van der Waals surface area (Å²) in [6.07, 6.45) is 1.31. The number of rotatable bonds is 2. The fraction of sp³-hybridized carbons (Fsp3) is 0.333. The average Bonchev–Trinajstić information content (AvgIpc) is 2.38. The Bertz CT molecular complexity index is 544. The van der Waals surface area contributed by atoms with Crippen LogP contribution in [-0.2, 0) is 4.79 Å². The summed E-state index contributed by atoms with van der Waals surface area (Å²) in [5.41, 5.74) is 11.1. The largest absolute Gasteiger partial charge is 0.512 e. The summed E-state index contributed by atoms with van der Waals surface area (Å²) in [6.45, 7) is 9.38. The Balaban J connectivity index is 0. The van der Waals surface area contributed by atoms with Gasteiger partial charge >= 0.3 is 0 Å². The van der Waals surface area contributed by atoms with Crippen molar-refractivity contribution in [2.45, 2.75) is 33.2 Å². The molecule has 0 amide bonds. The number of aliphatic hydroxyl groups excluding tert-OH is 1. The van der Waals surface area contributed by atoms with E-state index in [1.54, 1.807) is 18.2 Å². The number of carbonyl (C=O) groups is 1. The lowest BCUT2D eigenvalue weighted by Gasteiger charge is -2.06. The summed E-state index contributed by atoms with van der Waals surface area (Å²) in [6, 6.07) is 6.75. The van der Waals surface area contributed by atoms with E-state index < -0.39 is 0 Å². The van der Waals surface area contributed by atoms with Crippen molar-refractivity contribution in [1.29, 1.82) is 5.26 Å². The quantitative estimate of drug-likeness (QED) is 0.433. The molecule has 1 heterocycles. The van der Waals surface area contributed by atoms with Crippen LogP contribution in [0.1, 0.15) is 33.4 Å². The molecule has 0 unspecified atom stereocenters. The molecule has 1 aromatic heterocycles. The van der Waals surface area contributed by atoms with Gasteiger partial charge in [-0.05, 0) is 39.8 Å². The molecule has 1 rings (SSSR count). The maximum Gasteiger partial charge on any atom is 0.155 e. The van der Waals surface area contributed by atoms with Crippen LogP contribution in [0.2, 0.25) is 0 Å². The minimum atomic E-state index is 0. The minimum absolute atomic E-state index is 0. The second-order valence-electron chi connectivity index (χ2n) is 5.18. The second-order valence-corrected chi connectivity index (χ2v) is 5.18. The highest BCUT2D eigenvalue weighted by Gasteiger charge is 1.96. The van der Waals surface area contributed by atoms with E-state index in [4.69, 9.17) is 26.6 Å². The normalized spacial score (nSPS) is 11.3. The molecule has 0 saturated heterocycles. The number of hydrogen-bond acceptors (Lipinski definition) is 6. The third-order valence-electron chi connectivity index (χ3n) is 1.45. The molecule has 7 heteroatoms. The first-order chi connectivity index (χ1) is 10.1. The van der Waals surface area contributed by atoms with Crippen molar-refractivity contribution < 1.29 is 9.90 Å². The number of pyridine rings is 1. The Morgan fingerprint density at radius 1 is 1.45 bits per heavy atom. The average molecular weight is 305 g/mol. The fourth-order valence-corrected chi connectivity index (χ4v) is 0.926. The number of allylic oxidation sites excluding steroid dienone is 1. The number of aromatic nitrogens is 1. The molecule has 0 bridgehead atoms. The molecule has 0 radical (unpaired) electrons. The van der Waals surface area contributed by atoms with Crippen molar-refractivity contribution in [2.75, 3.05) is 0 Å². The molecule has 1 aromatic rings. The zero-order chi connectivity index (χ0) is 17.8. The first-order valence-corrected chi connectivity index (χ1v) is 6.28. The highest BCUT2D eigenvalue weighted by molar-refractivity contribution is 5.93. The standard InChI is InChI=1S/C10H10N4O.C4H11N.CH2O/c1-7(15)5-9(12)14-10-4-2-3-8(6-11)13-10;1-4(2,3)5;1-2/h2-5,15H,1H3,(H2,12,13,14);5H2,1-3H3;1H2/b7-5-;;. The SMILES string of the molecule is C/C(O)=C/C(N)=N\c1cccc(C#N)n1.C=O.CC(C)(C)N. The molecular formula is C15H23N5O2. The molecule has 5 N–H and O–H groups in total. The van der Waals surface area contributed by atoms with Crippen molar-refractivity contribution in [3.8, 4) is 6.07 Å². The molecule has 7 nitrogen and oxygen atoms in total. The van der Waals surface area contributed by atoms with Gasteiger partial charge in [-0.25, -0.2) is 9.98 Å². The lowest BCUT2D eigenvalue weighted by atomic mass is 10.1. The number of nitrogens with two attached hydrogens (primary N) is 2. The third kappa shape index (κ3) is 15.3. The number of aliphatic imine (C=N–C) groups is 1. The van der Waals surface area contributed by atoms with Gasteiger partial charge in [-0.1, -0.05) is 6.07 Å². The van der Waals surface area contributed by atoms with E-state index in [1.807, 2.05) is 33.6 Å². The van der Waals surface area contributed by atoms with E-state index in [1.165, 1.54) is 13.0 Å². The third-order valence-corrected chi connectivity index (χ3v) is 1.45. The van der Waals surface area contributed by atoms with Gasteiger partial charge in [0.1, 0.15) is 24.4 Å². The molecule has 0 aromatic carbocycles. The molecule has 0 aliphatic heterocycles. The predicted molar refractivity (Wildman–Crippen MR) is 87.7 cm³/mol. The summed E-state index contributed by atoms with van der Waals surface area (Å²) in [7, 11) is 0. The van der Waals surface area contributed by atoms with Crippen LogP contribution >= 0.6 is 0 Å². The van der Waals surface area contributed by atoms with Crippen LogP contribution in [0.4, 0.5) is 5.82 Å². The van der Waals surface area contributed by atoms with Crippen LogP contribution < -0.4 is 11.5 Å². The number of nitrogens with zero attached hydrogens (tertiary/aromatic N) is 3. The van der Waals surface area contributed by atoms with Crippen LogP contribution in [0.5, 0.6) is 0 Å². The summed E-state index contributed by atoms with van der Waals surface area (Å²) in [4.78, 5) is 15.8. The van der Waals surface area contributed by atoms with E-state index >= 15 is 0 Å². The van der Waals surface area contributed by atoms with Gasteiger partial charge in [-0.3, -0.25) is 0 Å². The molecular weight excluding hydrogens is 282 g/mol. The lowest BCUT2D eigenvalue weighted by molar-refractivity contribution is -0.0979. The molecule has 120 valence electrons. The van der Waals surface area contributed by atoms with Crippen LogP contribution in [0.15, 0.2) is 35.0 Å². The van der Waals surface area contributed by atoms with Gasteiger partial charge in [0, 0.05) is 11.6 Å². The minimum Gasteiger partial charge on any atom is -0.512 e. The van der Waals surface area contributed by atoms with Crippen molar-refractivity contribution in [2.24, 2.45) is 16.5 Å².